The molecule has 21 heavy (non-hydrogen) atoms. The molecule has 120 valence electrons. The minimum Gasteiger partial charge on any atom is -0.480 e. The number of ether oxygens (including phenoxy) is 1. The zero-order chi connectivity index (χ0) is 15.9. The van der Waals surface area contributed by atoms with Gasteiger partial charge in [0.15, 0.2) is 0 Å². The fourth-order valence-corrected chi connectivity index (χ4v) is 2.39. The summed E-state index contributed by atoms with van der Waals surface area (Å²) in [5.41, 5.74) is -0.213. The summed E-state index contributed by atoms with van der Waals surface area (Å²) >= 11 is 0. The Bertz CT molecular complexity index is 387. The van der Waals surface area contributed by atoms with Crippen molar-refractivity contribution in [2.45, 2.75) is 45.1 Å². The van der Waals surface area contributed by atoms with Crippen molar-refractivity contribution in [3.05, 3.63) is 12.2 Å². The Kier molecular flexibility index (Phi) is 6.68. The van der Waals surface area contributed by atoms with Gasteiger partial charge in [-0.25, -0.2) is 9.59 Å². The van der Waals surface area contributed by atoms with Gasteiger partial charge in [-0.3, -0.25) is 0 Å². The number of nitrogens with one attached hydrogen (secondary N) is 2. The van der Waals surface area contributed by atoms with E-state index in [0.29, 0.717) is 38.5 Å². The predicted octanol–water partition coefficient (Wildman–Crippen LogP) is 1.91. The third kappa shape index (κ3) is 5.75. The van der Waals surface area contributed by atoms with E-state index in [2.05, 4.69) is 24.1 Å². The average molecular weight is 298 g/mol. The topological polar surface area (TPSA) is 87.7 Å². The maximum absolute atomic E-state index is 11.8. The molecule has 3 N–H and O–H groups in total. The van der Waals surface area contributed by atoms with Gasteiger partial charge in [0, 0.05) is 6.54 Å². The van der Waals surface area contributed by atoms with Gasteiger partial charge in [0.25, 0.3) is 0 Å². The summed E-state index contributed by atoms with van der Waals surface area (Å²) in [5.74, 6) is -0.444. The van der Waals surface area contributed by atoms with E-state index < -0.39 is 17.5 Å². The molecule has 0 aromatic rings. The highest BCUT2D eigenvalue weighted by molar-refractivity contribution is 5.86. The van der Waals surface area contributed by atoms with Gasteiger partial charge in [-0.15, -0.1) is 0 Å². The maximum Gasteiger partial charge on any atom is 0.329 e. The first-order valence-electron chi connectivity index (χ1n) is 7.37. The smallest absolute Gasteiger partial charge is 0.329 e. The third-order valence-corrected chi connectivity index (χ3v) is 3.77. The molecule has 0 unspecified atom stereocenters. The van der Waals surface area contributed by atoms with Crippen molar-refractivity contribution in [3.63, 3.8) is 0 Å². The van der Waals surface area contributed by atoms with Gasteiger partial charge in [-0.05, 0) is 38.5 Å². The van der Waals surface area contributed by atoms with E-state index in [1.54, 1.807) is 0 Å². The summed E-state index contributed by atoms with van der Waals surface area (Å²) < 4.78 is 5.26. The van der Waals surface area contributed by atoms with Crippen LogP contribution in [-0.2, 0) is 9.53 Å². The van der Waals surface area contributed by atoms with Crippen LogP contribution in [0.15, 0.2) is 12.2 Å². The second-order valence-corrected chi connectivity index (χ2v) is 5.96. The minimum absolute atomic E-state index is 0.339. The van der Waals surface area contributed by atoms with Crippen LogP contribution >= 0.6 is 0 Å². The number of hydrogen-bond donors (Lipinski definition) is 3. The molecule has 1 rings (SSSR count). The molecule has 0 saturated heterocycles. The summed E-state index contributed by atoms with van der Waals surface area (Å²) in [6, 6.07) is -0.453. The minimum atomic E-state index is -1.13. The molecule has 0 atom stereocenters. The van der Waals surface area contributed by atoms with Crippen LogP contribution in [0, 0.1) is 5.92 Å². The van der Waals surface area contributed by atoms with Crippen molar-refractivity contribution < 1.29 is 19.4 Å². The lowest BCUT2D eigenvalue weighted by Gasteiger charge is -2.36. The first kappa shape index (κ1) is 17.5. The fourth-order valence-electron chi connectivity index (χ4n) is 2.39. The van der Waals surface area contributed by atoms with E-state index in [9.17, 15) is 14.7 Å². The summed E-state index contributed by atoms with van der Waals surface area (Å²) in [7, 11) is 0. The summed E-state index contributed by atoms with van der Waals surface area (Å²) in [5, 5.41) is 14.7. The third-order valence-electron chi connectivity index (χ3n) is 3.77. The van der Waals surface area contributed by atoms with E-state index in [0.717, 1.165) is 18.4 Å². The van der Waals surface area contributed by atoms with E-state index in [1.807, 2.05) is 6.92 Å². The van der Waals surface area contributed by atoms with E-state index >= 15 is 0 Å². The number of rotatable bonds is 7. The van der Waals surface area contributed by atoms with Crippen LogP contribution < -0.4 is 10.6 Å². The molecule has 0 radical (unpaired) electrons. The van der Waals surface area contributed by atoms with Gasteiger partial charge >= 0.3 is 12.0 Å². The van der Waals surface area contributed by atoms with E-state index in [1.165, 1.54) is 0 Å². The van der Waals surface area contributed by atoms with Crippen LogP contribution in [0.1, 0.15) is 39.5 Å². The van der Waals surface area contributed by atoms with Crippen molar-refractivity contribution in [1.29, 1.82) is 0 Å². The molecule has 6 heteroatoms. The largest absolute Gasteiger partial charge is 0.480 e. The Hall–Kier alpha value is -1.56. The van der Waals surface area contributed by atoms with Crippen LogP contribution in [0.4, 0.5) is 4.79 Å². The number of hydrogen-bond acceptors (Lipinski definition) is 3. The first-order valence-corrected chi connectivity index (χ1v) is 7.37. The number of urea groups is 1. The maximum atomic E-state index is 11.8. The SMILES string of the molecule is C=C(C)COCCNC(=O)NC1(C(=O)O)CCC(C)CC1. The molecule has 0 bridgehead atoms. The quantitative estimate of drug-likeness (QED) is 0.495. The van der Waals surface area contributed by atoms with Crippen molar-refractivity contribution >= 4 is 12.0 Å². The normalized spacial score (nSPS) is 25.1. The zero-order valence-electron chi connectivity index (χ0n) is 12.9. The fraction of sp³-hybridized carbons (Fsp3) is 0.733. The highest BCUT2D eigenvalue weighted by atomic mass is 16.5. The molecule has 0 aromatic heterocycles. The van der Waals surface area contributed by atoms with Crippen molar-refractivity contribution in [2.24, 2.45) is 5.92 Å². The van der Waals surface area contributed by atoms with Crippen molar-refractivity contribution in [3.8, 4) is 0 Å². The molecule has 0 aromatic carbocycles. The Labute approximate surface area is 125 Å². The van der Waals surface area contributed by atoms with E-state index in [4.69, 9.17) is 4.74 Å². The Morgan fingerprint density at radius 2 is 2.00 bits per heavy atom. The molecule has 1 fully saturated rings. The number of carbonyl (C=O) groups excluding carboxylic acids is 1. The number of carboxylic acids is 1. The molecule has 0 spiro atoms. The van der Waals surface area contributed by atoms with Gasteiger partial charge in [-0.2, -0.15) is 0 Å². The Morgan fingerprint density at radius 1 is 1.38 bits per heavy atom. The average Bonchev–Trinajstić information content (AvgIpc) is 2.40. The van der Waals surface area contributed by atoms with Crippen LogP contribution in [0.2, 0.25) is 0 Å². The monoisotopic (exact) mass is 298 g/mol. The summed E-state index contributed by atoms with van der Waals surface area (Å²) in [6.45, 7) is 8.84. The zero-order valence-corrected chi connectivity index (χ0v) is 12.9. The van der Waals surface area contributed by atoms with Crippen LogP contribution in [0.5, 0.6) is 0 Å². The molecule has 1 aliphatic carbocycles. The van der Waals surface area contributed by atoms with Crippen molar-refractivity contribution in [2.75, 3.05) is 19.8 Å². The van der Waals surface area contributed by atoms with Crippen LogP contribution in [-0.4, -0.2) is 42.4 Å². The molecule has 2 amide bonds. The lowest BCUT2D eigenvalue weighted by molar-refractivity contribution is -0.146. The molecule has 1 saturated carbocycles. The second kappa shape index (κ2) is 8.02. The van der Waals surface area contributed by atoms with Crippen LogP contribution in [0.25, 0.3) is 0 Å². The van der Waals surface area contributed by atoms with Crippen molar-refractivity contribution in [1.82, 2.24) is 10.6 Å². The lowest BCUT2D eigenvalue weighted by Crippen LogP contribution is -2.58. The van der Waals surface area contributed by atoms with Crippen LogP contribution in [0.3, 0.4) is 0 Å². The molecular formula is C15H26N2O4. The molecule has 0 heterocycles. The summed E-state index contributed by atoms with van der Waals surface area (Å²) in [4.78, 5) is 23.3. The molecule has 1 aliphatic rings. The predicted molar refractivity (Wildman–Crippen MR) is 80.2 cm³/mol. The highest BCUT2D eigenvalue weighted by Gasteiger charge is 2.42. The number of carbonyl (C=O) groups is 2. The Morgan fingerprint density at radius 3 is 2.52 bits per heavy atom. The molecule has 0 aliphatic heterocycles. The molecular weight excluding hydrogens is 272 g/mol. The van der Waals surface area contributed by atoms with Gasteiger partial charge in [0.05, 0.1) is 13.2 Å². The van der Waals surface area contributed by atoms with Gasteiger partial charge in [0.1, 0.15) is 5.54 Å². The van der Waals surface area contributed by atoms with Gasteiger partial charge in [0.2, 0.25) is 0 Å². The Balaban J connectivity index is 2.36. The standard InChI is InChI=1S/C15H26N2O4/c1-11(2)10-21-9-8-16-14(20)17-15(13(18)19)6-4-12(3)5-7-15/h12H,1,4-10H2,2-3H3,(H,18,19)(H2,16,17,20). The lowest BCUT2D eigenvalue weighted by atomic mass is 9.77. The number of carboxylic acid groups (broad SMARTS) is 1. The van der Waals surface area contributed by atoms with Gasteiger partial charge < -0.3 is 20.5 Å². The second-order valence-electron chi connectivity index (χ2n) is 5.96. The summed E-state index contributed by atoms with van der Waals surface area (Å²) in [6.07, 6.45) is 2.58. The number of amides is 2. The first-order chi connectivity index (χ1) is 9.85. The highest BCUT2D eigenvalue weighted by Crippen LogP contribution is 2.32. The molecule has 6 nitrogen and oxygen atoms in total. The van der Waals surface area contributed by atoms with E-state index in [-0.39, 0.29) is 0 Å². The number of aliphatic carboxylic acids is 1. The van der Waals surface area contributed by atoms with Gasteiger partial charge in [-0.1, -0.05) is 19.1 Å².